The molecule has 0 amide bonds. The van der Waals surface area contributed by atoms with E-state index in [1.165, 1.54) is 102 Å². The zero-order valence-electron chi connectivity index (χ0n) is 37.8. The first kappa shape index (κ1) is 39.8. The first-order valence-corrected chi connectivity index (χ1v) is 24.4. The van der Waals surface area contributed by atoms with E-state index in [0.717, 1.165) is 25.2 Å². The summed E-state index contributed by atoms with van der Waals surface area (Å²) < 4.78 is 0. The Kier molecular flexibility index (Phi) is 9.60. The molecule has 5 unspecified atom stereocenters. The zero-order chi connectivity index (χ0) is 44.4. The molecular formula is C66H53N. The van der Waals surface area contributed by atoms with Crippen LogP contribution >= 0.6 is 0 Å². The fourth-order valence-electron chi connectivity index (χ4n) is 12.5. The van der Waals surface area contributed by atoms with Crippen LogP contribution in [0, 0.1) is 17.8 Å². The summed E-state index contributed by atoms with van der Waals surface area (Å²) >= 11 is 0. The number of benzene rings is 6. The van der Waals surface area contributed by atoms with Crippen molar-refractivity contribution in [1.82, 2.24) is 0 Å². The van der Waals surface area contributed by atoms with Crippen molar-refractivity contribution in [2.24, 2.45) is 17.8 Å². The first-order valence-electron chi connectivity index (χ1n) is 24.4. The third-order valence-corrected chi connectivity index (χ3v) is 15.8. The molecular weight excluding hydrogens is 807 g/mol. The maximum atomic E-state index is 2.72. The van der Waals surface area contributed by atoms with Crippen LogP contribution < -0.4 is 4.90 Å². The largest absolute Gasteiger partial charge is 0.331 e. The first-order chi connectivity index (χ1) is 33.2. The number of rotatable bonds is 9. The molecule has 0 spiro atoms. The molecule has 6 aromatic rings. The van der Waals surface area contributed by atoms with E-state index in [4.69, 9.17) is 0 Å². The molecule has 13 rings (SSSR count). The predicted octanol–water partition coefficient (Wildman–Crippen LogP) is 16.3. The summed E-state index contributed by atoms with van der Waals surface area (Å²) in [6.45, 7) is 0. The standard InChI is InChI=1S/C66H53N/c1-2-11-26-51(25-10-1)66(52-27-12-5-13-28-52)62-43-50(57-32-17-16-30-55(57)46-20-6-3-7-21-46)37-40-60(62)59-33-18-29-54(44-63(59)66)67(65-41-19-34-58(64(65)45-65)47-22-8-4-9-23-47)53-38-35-48(36-39-53)56-31-15-14-24-49-42-61(49)56/h1-10,12-23,25-32,34-41,43-44,49,61,64H,11,24,33,42,45H2. The van der Waals surface area contributed by atoms with E-state index in [0.29, 0.717) is 11.8 Å². The normalized spacial score (nSPS) is 25.0. The molecule has 0 bridgehead atoms. The van der Waals surface area contributed by atoms with Gasteiger partial charge in [0.2, 0.25) is 0 Å². The Balaban J connectivity index is 1.01. The minimum atomic E-state index is -0.572. The van der Waals surface area contributed by atoms with Gasteiger partial charge in [-0.2, -0.15) is 0 Å². The van der Waals surface area contributed by atoms with Crippen LogP contribution in [0.4, 0.5) is 5.69 Å². The molecule has 2 saturated carbocycles. The van der Waals surface area contributed by atoms with Gasteiger partial charge in [-0.25, -0.2) is 0 Å². The Morgan fingerprint density at radius 1 is 0.552 bits per heavy atom. The van der Waals surface area contributed by atoms with Crippen LogP contribution in [0.2, 0.25) is 0 Å². The molecule has 1 heteroatoms. The second kappa shape index (κ2) is 16.1. The molecule has 5 atom stereocenters. The van der Waals surface area contributed by atoms with Gasteiger partial charge in [0.25, 0.3) is 0 Å². The van der Waals surface area contributed by atoms with Crippen molar-refractivity contribution in [2.75, 3.05) is 4.90 Å². The number of hydrogen-bond acceptors (Lipinski definition) is 1. The molecule has 7 aliphatic carbocycles. The molecule has 6 aromatic carbocycles. The number of allylic oxidation sites excluding steroid dienone is 17. The minimum absolute atomic E-state index is 0.213. The summed E-state index contributed by atoms with van der Waals surface area (Å²) in [5.74, 6) is 1.82. The summed E-state index contributed by atoms with van der Waals surface area (Å²) in [5, 5.41) is 0. The molecule has 7 aliphatic rings. The monoisotopic (exact) mass is 859 g/mol. The quantitative estimate of drug-likeness (QED) is 0.140. The molecule has 67 heavy (non-hydrogen) atoms. The summed E-state index contributed by atoms with van der Waals surface area (Å²) in [5.41, 5.74) is 20.3. The lowest BCUT2D eigenvalue weighted by molar-refractivity contribution is 0.726. The number of hydrogen-bond donors (Lipinski definition) is 0. The van der Waals surface area contributed by atoms with Gasteiger partial charge in [0.1, 0.15) is 0 Å². The van der Waals surface area contributed by atoms with E-state index in [1.54, 1.807) is 0 Å². The van der Waals surface area contributed by atoms with Gasteiger partial charge in [-0.3, -0.25) is 0 Å². The summed E-state index contributed by atoms with van der Waals surface area (Å²) in [6, 6.07) is 59.2. The van der Waals surface area contributed by atoms with Crippen molar-refractivity contribution >= 4 is 22.4 Å². The van der Waals surface area contributed by atoms with Crippen LogP contribution in [0.3, 0.4) is 0 Å². The van der Waals surface area contributed by atoms with E-state index in [2.05, 4.69) is 248 Å². The fourth-order valence-corrected chi connectivity index (χ4v) is 12.5. The van der Waals surface area contributed by atoms with Gasteiger partial charge in [-0.05, 0) is 152 Å². The summed E-state index contributed by atoms with van der Waals surface area (Å²) in [7, 11) is 0. The molecule has 0 aromatic heterocycles. The third-order valence-electron chi connectivity index (χ3n) is 15.8. The van der Waals surface area contributed by atoms with E-state index in [1.807, 2.05) is 0 Å². The second-order valence-electron chi connectivity index (χ2n) is 19.4. The average molecular weight is 860 g/mol. The highest BCUT2D eigenvalue weighted by atomic mass is 15.3. The lowest BCUT2D eigenvalue weighted by Gasteiger charge is -2.39. The van der Waals surface area contributed by atoms with Gasteiger partial charge >= 0.3 is 0 Å². The lowest BCUT2D eigenvalue weighted by Crippen LogP contribution is -2.38. The molecule has 0 radical (unpaired) electrons. The Morgan fingerprint density at radius 2 is 1.25 bits per heavy atom. The van der Waals surface area contributed by atoms with Crippen LogP contribution in [0.1, 0.15) is 59.9 Å². The van der Waals surface area contributed by atoms with Crippen LogP contribution in [0.15, 0.2) is 260 Å². The molecule has 322 valence electrons. The summed E-state index contributed by atoms with van der Waals surface area (Å²) in [4.78, 5) is 2.72. The highest BCUT2D eigenvalue weighted by Crippen LogP contribution is 2.63. The molecule has 2 fully saturated rings. The van der Waals surface area contributed by atoms with Crippen LogP contribution in [-0.4, -0.2) is 5.54 Å². The Hall–Kier alpha value is -7.48. The zero-order valence-corrected chi connectivity index (χ0v) is 37.8. The van der Waals surface area contributed by atoms with Crippen molar-refractivity contribution < 1.29 is 0 Å². The second-order valence-corrected chi connectivity index (χ2v) is 19.4. The number of anilines is 1. The van der Waals surface area contributed by atoms with Crippen molar-refractivity contribution in [1.29, 1.82) is 0 Å². The smallest absolute Gasteiger partial charge is 0.0712 e. The maximum absolute atomic E-state index is 2.72. The highest BCUT2D eigenvalue weighted by Gasteiger charge is 2.60. The van der Waals surface area contributed by atoms with Crippen molar-refractivity contribution in [3.63, 3.8) is 0 Å². The topological polar surface area (TPSA) is 3.24 Å². The van der Waals surface area contributed by atoms with Crippen LogP contribution in [0.25, 0.3) is 39.0 Å². The van der Waals surface area contributed by atoms with E-state index >= 15 is 0 Å². The Bertz CT molecular complexity index is 3250. The molecule has 1 nitrogen and oxygen atoms in total. The lowest BCUT2D eigenvalue weighted by atomic mass is 9.65. The minimum Gasteiger partial charge on any atom is -0.331 e. The summed E-state index contributed by atoms with van der Waals surface area (Å²) in [6.07, 6.45) is 38.6. The highest BCUT2D eigenvalue weighted by molar-refractivity contribution is 5.93. The molecule has 0 N–H and O–H groups in total. The molecule has 0 aliphatic heterocycles. The molecule has 0 saturated heterocycles. The van der Waals surface area contributed by atoms with Crippen molar-refractivity contribution in [2.45, 2.75) is 43.1 Å². The van der Waals surface area contributed by atoms with Crippen molar-refractivity contribution in [3.8, 4) is 22.3 Å². The SMILES string of the molecule is C1=CCC=C(C2(c3ccccc3)C3=C(CC=CC(N(c4ccc(C5=CC=CCC6CC56)cc4)C45C=CC=C(c6ccccc6)C4C5)=C3)c3ccc(-c4ccccc4-c4ccccc4)cc32)C=C1. The van der Waals surface area contributed by atoms with Gasteiger partial charge in [-0.15, -0.1) is 0 Å². The van der Waals surface area contributed by atoms with Gasteiger partial charge in [-0.1, -0.05) is 212 Å². The third kappa shape index (κ3) is 6.58. The van der Waals surface area contributed by atoms with Gasteiger partial charge < -0.3 is 4.90 Å². The molecule has 0 heterocycles. The fraction of sp³-hybridized carbons (Fsp3) is 0.152. The van der Waals surface area contributed by atoms with Gasteiger partial charge in [0.15, 0.2) is 0 Å². The van der Waals surface area contributed by atoms with E-state index < -0.39 is 5.41 Å². The number of fused-ring (bicyclic) bond motifs is 4. The maximum Gasteiger partial charge on any atom is 0.0712 e. The predicted molar refractivity (Wildman–Crippen MR) is 281 cm³/mol. The Morgan fingerprint density at radius 3 is 2.06 bits per heavy atom. The average Bonchev–Trinajstić information content (AvgIpc) is 4.31. The van der Waals surface area contributed by atoms with E-state index in [9.17, 15) is 0 Å². The van der Waals surface area contributed by atoms with Crippen LogP contribution in [0.5, 0.6) is 0 Å². The van der Waals surface area contributed by atoms with Gasteiger partial charge in [0, 0.05) is 17.3 Å². The Labute approximate surface area is 395 Å². The van der Waals surface area contributed by atoms with E-state index in [-0.39, 0.29) is 5.54 Å². The van der Waals surface area contributed by atoms with Crippen LogP contribution in [-0.2, 0) is 5.41 Å². The number of nitrogens with zero attached hydrogens (tertiary/aromatic N) is 1. The van der Waals surface area contributed by atoms with Crippen molar-refractivity contribution in [3.05, 3.63) is 287 Å². The van der Waals surface area contributed by atoms with Gasteiger partial charge in [0.05, 0.1) is 11.0 Å².